The third-order valence-corrected chi connectivity index (χ3v) is 1.65. The normalized spacial score (nSPS) is 9.73. The Morgan fingerprint density at radius 1 is 1.45 bits per heavy atom. The zero-order valence-corrected chi connectivity index (χ0v) is 7.34. The number of carbonyl (C=O) groups excluding carboxylic acids is 1. The Morgan fingerprint density at radius 3 is 2.45 bits per heavy atom. The number of amides is 1. The van der Waals surface area contributed by atoms with Crippen molar-refractivity contribution in [3.05, 3.63) is 0 Å². The quantitative estimate of drug-likeness (QED) is 0.639. The zero-order chi connectivity index (χ0) is 8.69. The van der Waals surface area contributed by atoms with Gasteiger partial charge >= 0.3 is 0 Å². The maximum Gasteiger partial charge on any atom is 0.248 e. The van der Waals surface area contributed by atoms with Crippen molar-refractivity contribution in [2.75, 3.05) is 19.7 Å². The van der Waals surface area contributed by atoms with Crippen LogP contribution in [0.1, 0.15) is 26.7 Å². The highest BCUT2D eigenvalue weighted by Gasteiger charge is 2.07. The second kappa shape index (κ2) is 6.16. The molecule has 3 heteroatoms. The van der Waals surface area contributed by atoms with Crippen LogP contribution in [0.5, 0.6) is 0 Å². The highest BCUT2D eigenvalue weighted by Crippen LogP contribution is 1.94. The summed E-state index contributed by atoms with van der Waals surface area (Å²) in [6, 6.07) is 0. The first-order chi connectivity index (χ1) is 5.26. The Hall–Kier alpha value is -0.570. The van der Waals surface area contributed by atoms with Crippen LogP contribution in [0.4, 0.5) is 0 Å². The standard InChI is InChI=1S/C8H17NO2/c1-3-5-6-9(4-2)8(11)7-10/h10H,3-7H2,1-2H3. The van der Waals surface area contributed by atoms with E-state index in [-0.39, 0.29) is 12.5 Å². The van der Waals surface area contributed by atoms with Gasteiger partial charge in [0.2, 0.25) is 5.91 Å². The molecule has 0 bridgehead atoms. The molecule has 11 heavy (non-hydrogen) atoms. The van der Waals surface area contributed by atoms with Crippen LogP contribution in [0.3, 0.4) is 0 Å². The molecule has 0 aliphatic rings. The van der Waals surface area contributed by atoms with E-state index < -0.39 is 0 Å². The number of aliphatic hydroxyl groups excluding tert-OH is 1. The van der Waals surface area contributed by atoms with Crippen LogP contribution in [0.15, 0.2) is 0 Å². The lowest BCUT2D eigenvalue weighted by atomic mass is 10.3. The smallest absolute Gasteiger partial charge is 0.248 e. The average molecular weight is 159 g/mol. The fourth-order valence-electron chi connectivity index (χ4n) is 0.908. The van der Waals surface area contributed by atoms with E-state index in [4.69, 9.17) is 5.11 Å². The monoisotopic (exact) mass is 159 g/mol. The lowest BCUT2D eigenvalue weighted by Gasteiger charge is -2.18. The molecule has 0 saturated carbocycles. The maximum absolute atomic E-state index is 10.9. The van der Waals surface area contributed by atoms with Crippen LogP contribution in [-0.4, -0.2) is 35.6 Å². The molecule has 3 nitrogen and oxygen atoms in total. The number of rotatable bonds is 5. The number of nitrogens with zero attached hydrogens (tertiary/aromatic N) is 1. The molecule has 0 atom stereocenters. The fourth-order valence-corrected chi connectivity index (χ4v) is 0.908. The molecule has 0 aliphatic heterocycles. The van der Waals surface area contributed by atoms with E-state index in [2.05, 4.69) is 6.92 Å². The summed E-state index contributed by atoms with van der Waals surface area (Å²) in [6.45, 7) is 5.10. The van der Waals surface area contributed by atoms with Crippen LogP contribution < -0.4 is 0 Å². The zero-order valence-electron chi connectivity index (χ0n) is 7.34. The van der Waals surface area contributed by atoms with Crippen molar-refractivity contribution in [3.63, 3.8) is 0 Å². The molecule has 1 N–H and O–H groups in total. The summed E-state index contributed by atoms with van der Waals surface area (Å²) < 4.78 is 0. The molecule has 0 saturated heterocycles. The van der Waals surface area contributed by atoms with E-state index >= 15 is 0 Å². The Balaban J connectivity index is 3.65. The average Bonchev–Trinajstić information content (AvgIpc) is 2.05. The molecule has 1 amide bonds. The summed E-state index contributed by atoms with van der Waals surface area (Å²) in [6.07, 6.45) is 2.09. The Morgan fingerprint density at radius 2 is 2.09 bits per heavy atom. The second-order valence-corrected chi connectivity index (χ2v) is 2.49. The van der Waals surface area contributed by atoms with Crippen LogP contribution in [0.25, 0.3) is 0 Å². The highest BCUT2D eigenvalue weighted by molar-refractivity contribution is 5.77. The van der Waals surface area contributed by atoms with E-state index in [1.807, 2.05) is 6.92 Å². The molecule has 0 aromatic heterocycles. The van der Waals surface area contributed by atoms with Crippen molar-refractivity contribution in [3.8, 4) is 0 Å². The molecule has 0 radical (unpaired) electrons. The molecule has 0 spiro atoms. The van der Waals surface area contributed by atoms with Gasteiger partial charge in [-0.2, -0.15) is 0 Å². The third-order valence-electron chi connectivity index (χ3n) is 1.65. The Kier molecular flexibility index (Phi) is 5.84. The summed E-state index contributed by atoms with van der Waals surface area (Å²) in [7, 11) is 0. The van der Waals surface area contributed by atoms with Gasteiger partial charge in [0.05, 0.1) is 0 Å². The number of unbranched alkanes of at least 4 members (excludes halogenated alkanes) is 1. The van der Waals surface area contributed by atoms with E-state index in [9.17, 15) is 4.79 Å². The van der Waals surface area contributed by atoms with E-state index in [0.29, 0.717) is 6.54 Å². The third kappa shape index (κ3) is 3.98. The Labute approximate surface area is 68.0 Å². The first-order valence-electron chi connectivity index (χ1n) is 4.14. The van der Waals surface area contributed by atoms with E-state index in [1.165, 1.54) is 0 Å². The van der Waals surface area contributed by atoms with Crippen molar-refractivity contribution >= 4 is 5.91 Å². The van der Waals surface area contributed by atoms with Gasteiger partial charge in [0, 0.05) is 13.1 Å². The molecular weight excluding hydrogens is 142 g/mol. The van der Waals surface area contributed by atoms with E-state index in [0.717, 1.165) is 19.4 Å². The van der Waals surface area contributed by atoms with Crippen molar-refractivity contribution in [2.45, 2.75) is 26.7 Å². The number of aliphatic hydroxyl groups is 1. The summed E-state index contributed by atoms with van der Waals surface area (Å²) >= 11 is 0. The van der Waals surface area contributed by atoms with Gasteiger partial charge in [-0.05, 0) is 13.3 Å². The fraction of sp³-hybridized carbons (Fsp3) is 0.875. The van der Waals surface area contributed by atoms with Gasteiger partial charge in [-0.1, -0.05) is 13.3 Å². The number of likely N-dealkylation sites (N-methyl/N-ethyl adjacent to an activating group) is 1. The van der Waals surface area contributed by atoms with Crippen molar-refractivity contribution in [1.29, 1.82) is 0 Å². The molecular formula is C8H17NO2. The van der Waals surface area contributed by atoms with Crippen LogP contribution in [-0.2, 0) is 4.79 Å². The van der Waals surface area contributed by atoms with Gasteiger partial charge in [0.25, 0.3) is 0 Å². The summed E-state index contributed by atoms with van der Waals surface area (Å²) in [5.41, 5.74) is 0. The topological polar surface area (TPSA) is 40.5 Å². The first-order valence-corrected chi connectivity index (χ1v) is 4.14. The predicted octanol–water partition coefficient (Wildman–Crippen LogP) is 0.627. The summed E-state index contributed by atoms with van der Waals surface area (Å²) in [4.78, 5) is 12.6. The van der Waals surface area contributed by atoms with Gasteiger partial charge in [-0.15, -0.1) is 0 Å². The van der Waals surface area contributed by atoms with Gasteiger partial charge < -0.3 is 10.0 Å². The minimum Gasteiger partial charge on any atom is -0.387 e. The largest absolute Gasteiger partial charge is 0.387 e. The number of hydrogen-bond donors (Lipinski definition) is 1. The summed E-state index contributed by atoms with van der Waals surface area (Å²) in [5.74, 6) is -0.166. The van der Waals surface area contributed by atoms with Gasteiger partial charge in [-0.3, -0.25) is 4.79 Å². The lowest BCUT2D eigenvalue weighted by molar-refractivity contribution is -0.134. The number of hydrogen-bond acceptors (Lipinski definition) is 2. The van der Waals surface area contributed by atoms with Crippen molar-refractivity contribution in [2.24, 2.45) is 0 Å². The minimum absolute atomic E-state index is 0.166. The van der Waals surface area contributed by atoms with Gasteiger partial charge in [0.15, 0.2) is 0 Å². The SMILES string of the molecule is CCCCN(CC)C(=O)CO. The van der Waals surface area contributed by atoms with Crippen molar-refractivity contribution < 1.29 is 9.90 Å². The van der Waals surface area contributed by atoms with Gasteiger partial charge in [-0.25, -0.2) is 0 Å². The Bertz CT molecular complexity index is 115. The minimum atomic E-state index is -0.364. The summed E-state index contributed by atoms with van der Waals surface area (Å²) in [5, 5.41) is 8.54. The number of carbonyl (C=O) groups is 1. The highest BCUT2D eigenvalue weighted by atomic mass is 16.3. The predicted molar refractivity (Wildman–Crippen MR) is 44.2 cm³/mol. The van der Waals surface area contributed by atoms with Crippen molar-refractivity contribution in [1.82, 2.24) is 4.90 Å². The van der Waals surface area contributed by atoms with Crippen LogP contribution in [0, 0.1) is 0 Å². The maximum atomic E-state index is 10.9. The lowest BCUT2D eigenvalue weighted by Crippen LogP contribution is -2.33. The van der Waals surface area contributed by atoms with Gasteiger partial charge in [0.1, 0.15) is 6.61 Å². The second-order valence-electron chi connectivity index (χ2n) is 2.49. The molecule has 0 rings (SSSR count). The molecule has 66 valence electrons. The molecule has 0 heterocycles. The first kappa shape index (κ1) is 10.4. The van der Waals surface area contributed by atoms with Crippen LogP contribution in [0.2, 0.25) is 0 Å². The van der Waals surface area contributed by atoms with E-state index in [1.54, 1.807) is 4.90 Å². The molecule has 0 aromatic rings. The molecule has 0 aromatic carbocycles. The van der Waals surface area contributed by atoms with Crippen LogP contribution >= 0.6 is 0 Å². The molecule has 0 fully saturated rings. The molecule has 0 unspecified atom stereocenters. The molecule has 0 aliphatic carbocycles.